The van der Waals surface area contributed by atoms with Crippen LogP contribution in [0.1, 0.15) is 13.3 Å². The van der Waals surface area contributed by atoms with Crippen LogP contribution in [0.5, 0.6) is 5.88 Å². The van der Waals surface area contributed by atoms with Gasteiger partial charge >= 0.3 is 0 Å². The van der Waals surface area contributed by atoms with Crippen LogP contribution >= 0.6 is 0 Å². The number of methoxy groups -OCH3 is 1. The lowest BCUT2D eigenvalue weighted by Gasteiger charge is -2.09. The Morgan fingerprint density at radius 1 is 1.50 bits per heavy atom. The summed E-state index contributed by atoms with van der Waals surface area (Å²) < 4.78 is 10.7. The zero-order valence-corrected chi connectivity index (χ0v) is 9.49. The third-order valence-electron chi connectivity index (χ3n) is 2.48. The fraction of sp³-hybridized carbons (Fsp3) is 0.417. The Labute approximate surface area is 94.6 Å². The van der Waals surface area contributed by atoms with Crippen LogP contribution in [0.15, 0.2) is 18.3 Å². The first-order valence-corrected chi connectivity index (χ1v) is 5.31. The topological polar surface area (TPSA) is 47.1 Å². The van der Waals surface area contributed by atoms with Gasteiger partial charge in [-0.25, -0.2) is 0 Å². The van der Waals surface area contributed by atoms with Crippen LogP contribution in [-0.4, -0.2) is 29.8 Å². The minimum absolute atomic E-state index is 0.211. The highest BCUT2D eigenvalue weighted by atomic mass is 16.5. The molecular weight excluding hydrogens is 204 g/mol. The normalized spacial score (nSPS) is 12.9. The molecule has 16 heavy (non-hydrogen) atoms. The van der Waals surface area contributed by atoms with E-state index < -0.39 is 0 Å². The maximum Gasteiger partial charge on any atom is 0.215 e. The second kappa shape index (κ2) is 4.99. The third kappa shape index (κ3) is 2.52. The monoisotopic (exact) mass is 219 g/mol. The summed E-state index contributed by atoms with van der Waals surface area (Å²) in [6.07, 6.45) is 2.81. The quantitative estimate of drug-likeness (QED) is 0.838. The minimum atomic E-state index is 0.211. The van der Waals surface area contributed by atoms with E-state index in [1.807, 2.05) is 19.1 Å². The first-order valence-electron chi connectivity index (χ1n) is 5.31. The molecule has 0 amide bonds. The summed E-state index contributed by atoms with van der Waals surface area (Å²) in [6, 6.07) is 6.83. The smallest absolute Gasteiger partial charge is 0.215 e. The Hall–Kier alpha value is -1.55. The van der Waals surface area contributed by atoms with Crippen molar-refractivity contribution in [2.75, 3.05) is 13.7 Å². The Bertz CT molecular complexity index is 453. The average Bonchev–Trinajstić information content (AvgIpc) is 2.76. The van der Waals surface area contributed by atoms with E-state index in [2.05, 4.69) is 16.0 Å². The number of fused-ring (bicyclic) bond motifs is 1. The highest BCUT2D eigenvalue weighted by molar-refractivity contribution is 5.74. The van der Waals surface area contributed by atoms with Crippen molar-refractivity contribution < 1.29 is 9.47 Å². The summed E-state index contributed by atoms with van der Waals surface area (Å²) in [5, 5.41) is 0.970. The van der Waals surface area contributed by atoms with Gasteiger partial charge in [-0.2, -0.15) is 4.98 Å². The maximum absolute atomic E-state index is 5.53. The van der Waals surface area contributed by atoms with Gasteiger partial charge in [-0.1, -0.05) is 0 Å². The van der Waals surface area contributed by atoms with E-state index in [1.54, 1.807) is 13.3 Å². The molecule has 2 aromatic heterocycles. The summed E-state index contributed by atoms with van der Waals surface area (Å²) in [7, 11) is 1.70. The summed E-state index contributed by atoms with van der Waals surface area (Å²) in [5.41, 5.74) is 0.803. The fourth-order valence-electron chi connectivity index (χ4n) is 1.38. The van der Waals surface area contributed by atoms with Crippen LogP contribution in [0.2, 0.25) is 0 Å². The molecule has 0 saturated carbocycles. The van der Waals surface area contributed by atoms with Crippen LogP contribution in [0.25, 0.3) is 11.0 Å². The van der Waals surface area contributed by atoms with E-state index in [0.717, 1.165) is 17.5 Å². The van der Waals surface area contributed by atoms with Crippen LogP contribution in [0.4, 0.5) is 0 Å². The van der Waals surface area contributed by atoms with Gasteiger partial charge in [0, 0.05) is 37.2 Å². The maximum atomic E-state index is 5.53. The van der Waals surface area contributed by atoms with Crippen LogP contribution in [0, 0.1) is 6.07 Å². The molecule has 0 aromatic carbocycles. The lowest BCUT2D eigenvalue weighted by Crippen LogP contribution is -2.10. The lowest BCUT2D eigenvalue weighted by molar-refractivity contribution is 0.0949. The van der Waals surface area contributed by atoms with E-state index in [-0.39, 0.29) is 6.10 Å². The van der Waals surface area contributed by atoms with Gasteiger partial charge in [0.2, 0.25) is 5.88 Å². The first kappa shape index (κ1) is 11.0. The van der Waals surface area contributed by atoms with Gasteiger partial charge < -0.3 is 14.5 Å². The van der Waals surface area contributed by atoms with Crippen molar-refractivity contribution in [1.29, 1.82) is 0 Å². The molecule has 0 aliphatic carbocycles. The number of hydrogen-bond acceptors (Lipinski definition) is 3. The van der Waals surface area contributed by atoms with Crippen LogP contribution in [-0.2, 0) is 4.74 Å². The van der Waals surface area contributed by atoms with E-state index >= 15 is 0 Å². The Morgan fingerprint density at radius 2 is 2.38 bits per heavy atom. The van der Waals surface area contributed by atoms with Gasteiger partial charge in [0.1, 0.15) is 5.65 Å². The van der Waals surface area contributed by atoms with Crippen molar-refractivity contribution in [2.45, 2.75) is 19.4 Å². The number of nitrogens with zero attached hydrogens (tertiary/aromatic N) is 1. The average molecular weight is 219 g/mol. The zero-order valence-electron chi connectivity index (χ0n) is 9.49. The molecule has 1 unspecified atom stereocenters. The molecule has 0 bridgehead atoms. The van der Waals surface area contributed by atoms with E-state index in [1.165, 1.54) is 0 Å². The second-order valence-corrected chi connectivity index (χ2v) is 3.66. The lowest BCUT2D eigenvalue weighted by atomic mass is 10.3. The number of H-pyrrole nitrogens is 1. The largest absolute Gasteiger partial charge is 0.478 e. The summed E-state index contributed by atoms with van der Waals surface area (Å²) in [4.78, 5) is 7.31. The number of nitrogens with one attached hydrogen (secondary N) is 1. The van der Waals surface area contributed by atoms with Crippen LogP contribution in [0.3, 0.4) is 0 Å². The molecule has 0 spiro atoms. The first-order chi connectivity index (χ1) is 7.79. The number of rotatable bonds is 5. The highest BCUT2D eigenvalue weighted by Crippen LogP contribution is 2.14. The summed E-state index contributed by atoms with van der Waals surface area (Å²) >= 11 is 0. The Kier molecular flexibility index (Phi) is 3.41. The molecule has 1 radical (unpaired) electrons. The minimum Gasteiger partial charge on any atom is -0.478 e. The Balaban J connectivity index is 1.93. The molecule has 0 saturated heterocycles. The van der Waals surface area contributed by atoms with Crippen molar-refractivity contribution in [1.82, 2.24) is 9.97 Å². The molecule has 0 fully saturated rings. The number of hydrogen-bond donors (Lipinski definition) is 1. The van der Waals surface area contributed by atoms with Crippen molar-refractivity contribution in [3.8, 4) is 5.88 Å². The molecular formula is C12H15N2O2. The molecule has 2 rings (SSSR count). The molecule has 2 heterocycles. The molecule has 2 aromatic rings. The number of pyridine rings is 1. The van der Waals surface area contributed by atoms with Crippen molar-refractivity contribution >= 4 is 11.0 Å². The summed E-state index contributed by atoms with van der Waals surface area (Å²) in [5.74, 6) is 0.631. The number of aromatic nitrogens is 2. The predicted molar refractivity (Wildman–Crippen MR) is 61.5 cm³/mol. The van der Waals surface area contributed by atoms with Gasteiger partial charge in [-0.05, 0) is 13.0 Å². The van der Waals surface area contributed by atoms with Crippen LogP contribution < -0.4 is 4.74 Å². The number of aromatic amines is 1. The molecule has 85 valence electrons. The molecule has 1 N–H and O–H groups in total. The molecule has 4 heteroatoms. The van der Waals surface area contributed by atoms with E-state index in [9.17, 15) is 0 Å². The molecule has 0 aliphatic heterocycles. The standard InChI is InChI=1S/C12H15N2O2/c1-9(15-2)6-8-16-11-4-3-10-5-7-13-12(10)14-11/h3-4,7,9H,6,8H2,1-2H3,(H,13,14). The van der Waals surface area contributed by atoms with Gasteiger partial charge in [-0.15, -0.1) is 0 Å². The van der Waals surface area contributed by atoms with Crippen molar-refractivity contribution in [3.05, 3.63) is 24.4 Å². The van der Waals surface area contributed by atoms with E-state index in [0.29, 0.717) is 12.5 Å². The fourth-order valence-corrected chi connectivity index (χ4v) is 1.38. The third-order valence-corrected chi connectivity index (χ3v) is 2.48. The second-order valence-electron chi connectivity index (χ2n) is 3.66. The SMILES string of the molecule is COC(C)CCOc1ccc2[c]c[nH]c2n1. The van der Waals surface area contributed by atoms with Gasteiger partial charge in [-0.3, -0.25) is 0 Å². The van der Waals surface area contributed by atoms with Crippen molar-refractivity contribution in [2.24, 2.45) is 0 Å². The molecule has 0 aliphatic rings. The Morgan fingerprint density at radius 3 is 3.19 bits per heavy atom. The predicted octanol–water partition coefficient (Wildman–Crippen LogP) is 2.17. The highest BCUT2D eigenvalue weighted by Gasteiger charge is 2.02. The van der Waals surface area contributed by atoms with Crippen molar-refractivity contribution in [3.63, 3.8) is 0 Å². The molecule has 4 nitrogen and oxygen atoms in total. The van der Waals surface area contributed by atoms with E-state index in [4.69, 9.17) is 9.47 Å². The molecule has 1 atom stereocenters. The van der Waals surface area contributed by atoms with Gasteiger partial charge in [0.25, 0.3) is 0 Å². The van der Waals surface area contributed by atoms with Gasteiger partial charge in [0.15, 0.2) is 0 Å². The van der Waals surface area contributed by atoms with Gasteiger partial charge in [0.05, 0.1) is 12.7 Å². The summed E-state index contributed by atoms with van der Waals surface area (Å²) in [6.45, 7) is 2.62. The zero-order chi connectivity index (χ0) is 11.4. The number of ether oxygens (including phenoxy) is 2.